The third-order valence-corrected chi connectivity index (χ3v) is 4.80. The predicted molar refractivity (Wildman–Crippen MR) is 91.9 cm³/mol. The summed E-state index contributed by atoms with van der Waals surface area (Å²) in [7, 11) is 0. The standard InChI is InChI=1S/C19H16F3NS/c1-18(2,14-8-4-3-5-9-14)17(24)16(12-23)13-7-6-10-15(11-13)19(20,21)22/h3-11,16H,1-2H3. The van der Waals surface area contributed by atoms with E-state index >= 15 is 0 Å². The van der Waals surface area contributed by atoms with Gasteiger partial charge in [-0.15, -0.1) is 0 Å². The van der Waals surface area contributed by atoms with Crippen LogP contribution in [0.5, 0.6) is 0 Å². The molecular weight excluding hydrogens is 331 g/mol. The van der Waals surface area contributed by atoms with Gasteiger partial charge in [0.1, 0.15) is 5.92 Å². The Bertz CT molecular complexity index is 773. The van der Waals surface area contributed by atoms with Gasteiger partial charge < -0.3 is 0 Å². The van der Waals surface area contributed by atoms with Crippen LogP contribution in [0.4, 0.5) is 13.2 Å². The number of halogens is 3. The van der Waals surface area contributed by atoms with Crippen LogP contribution in [0.1, 0.15) is 36.5 Å². The van der Waals surface area contributed by atoms with Gasteiger partial charge in [-0.2, -0.15) is 18.4 Å². The van der Waals surface area contributed by atoms with Gasteiger partial charge in [0.25, 0.3) is 0 Å². The van der Waals surface area contributed by atoms with Crippen LogP contribution in [-0.4, -0.2) is 4.86 Å². The summed E-state index contributed by atoms with van der Waals surface area (Å²) >= 11 is 5.51. The topological polar surface area (TPSA) is 23.8 Å². The van der Waals surface area contributed by atoms with Gasteiger partial charge in [0.05, 0.1) is 11.6 Å². The quantitative estimate of drug-likeness (QED) is 0.666. The number of alkyl halides is 3. The van der Waals surface area contributed by atoms with Crippen molar-refractivity contribution in [2.75, 3.05) is 0 Å². The minimum absolute atomic E-state index is 0.265. The molecule has 0 N–H and O–H groups in total. The zero-order valence-electron chi connectivity index (χ0n) is 13.3. The SMILES string of the molecule is CC(C)(C(=S)C(C#N)c1cccc(C(F)(F)F)c1)c1ccccc1. The molecule has 0 aromatic heterocycles. The molecule has 1 atom stereocenters. The van der Waals surface area contributed by atoms with Crippen LogP contribution >= 0.6 is 12.2 Å². The fraction of sp³-hybridized carbons (Fsp3) is 0.263. The largest absolute Gasteiger partial charge is 0.416 e. The molecular formula is C19H16F3NS. The summed E-state index contributed by atoms with van der Waals surface area (Å²) in [6, 6.07) is 16.3. The first-order chi connectivity index (χ1) is 11.2. The van der Waals surface area contributed by atoms with E-state index in [4.69, 9.17) is 12.2 Å². The number of nitriles is 1. The van der Waals surface area contributed by atoms with Crippen molar-refractivity contribution in [3.05, 3.63) is 71.3 Å². The van der Waals surface area contributed by atoms with Crippen LogP contribution in [-0.2, 0) is 11.6 Å². The second kappa shape index (κ2) is 6.74. The van der Waals surface area contributed by atoms with Gasteiger partial charge in [-0.25, -0.2) is 0 Å². The molecule has 0 saturated carbocycles. The van der Waals surface area contributed by atoms with E-state index in [0.29, 0.717) is 4.86 Å². The molecule has 2 aromatic carbocycles. The Morgan fingerprint density at radius 1 is 1.00 bits per heavy atom. The highest BCUT2D eigenvalue weighted by Crippen LogP contribution is 2.35. The molecule has 0 saturated heterocycles. The monoisotopic (exact) mass is 347 g/mol. The Kier molecular flexibility index (Phi) is 5.10. The van der Waals surface area contributed by atoms with E-state index in [1.165, 1.54) is 12.1 Å². The lowest BCUT2D eigenvalue weighted by atomic mass is 9.75. The Morgan fingerprint density at radius 3 is 2.12 bits per heavy atom. The van der Waals surface area contributed by atoms with E-state index in [0.717, 1.165) is 17.7 Å². The maximum atomic E-state index is 12.9. The molecule has 0 aliphatic rings. The lowest BCUT2D eigenvalue weighted by Gasteiger charge is -2.29. The lowest BCUT2D eigenvalue weighted by Crippen LogP contribution is -2.32. The molecule has 2 aromatic rings. The number of hydrogen-bond donors (Lipinski definition) is 0. The van der Waals surface area contributed by atoms with Crippen molar-refractivity contribution in [1.29, 1.82) is 5.26 Å². The summed E-state index contributed by atoms with van der Waals surface area (Å²) in [6.07, 6.45) is -4.45. The van der Waals surface area contributed by atoms with Crippen molar-refractivity contribution in [3.63, 3.8) is 0 Å². The highest BCUT2D eigenvalue weighted by atomic mass is 32.1. The number of rotatable bonds is 4. The van der Waals surface area contributed by atoms with E-state index in [9.17, 15) is 18.4 Å². The van der Waals surface area contributed by atoms with E-state index in [-0.39, 0.29) is 5.56 Å². The van der Waals surface area contributed by atoms with E-state index in [1.54, 1.807) is 0 Å². The molecule has 1 nitrogen and oxygen atoms in total. The number of thiocarbonyl (C=S) groups is 1. The summed E-state index contributed by atoms with van der Waals surface area (Å²) in [5, 5.41) is 9.54. The summed E-state index contributed by atoms with van der Waals surface area (Å²) in [5.74, 6) is -0.891. The van der Waals surface area contributed by atoms with Crippen LogP contribution in [0.25, 0.3) is 0 Å². The van der Waals surface area contributed by atoms with Gasteiger partial charge in [0, 0.05) is 10.3 Å². The summed E-state index contributed by atoms with van der Waals surface area (Å²) in [5.41, 5.74) is -0.213. The second-order valence-corrected chi connectivity index (χ2v) is 6.48. The molecule has 0 aliphatic carbocycles. The van der Waals surface area contributed by atoms with Crippen molar-refractivity contribution in [1.82, 2.24) is 0 Å². The summed E-state index contributed by atoms with van der Waals surface area (Å²) < 4.78 is 38.8. The molecule has 124 valence electrons. The highest BCUT2D eigenvalue weighted by molar-refractivity contribution is 7.80. The highest BCUT2D eigenvalue weighted by Gasteiger charge is 2.35. The van der Waals surface area contributed by atoms with Crippen molar-refractivity contribution >= 4 is 17.1 Å². The normalized spacial score (nSPS) is 13.2. The van der Waals surface area contributed by atoms with Gasteiger partial charge in [-0.05, 0) is 17.2 Å². The maximum absolute atomic E-state index is 12.9. The Labute approximate surface area is 144 Å². The summed E-state index contributed by atoms with van der Waals surface area (Å²) in [6.45, 7) is 3.76. The van der Waals surface area contributed by atoms with Crippen molar-refractivity contribution < 1.29 is 13.2 Å². The van der Waals surface area contributed by atoms with Gasteiger partial charge in [-0.3, -0.25) is 0 Å². The summed E-state index contributed by atoms with van der Waals surface area (Å²) in [4.78, 5) is 0.399. The smallest absolute Gasteiger partial charge is 0.197 e. The molecule has 2 rings (SSSR count). The Balaban J connectivity index is 2.42. The first-order valence-corrected chi connectivity index (χ1v) is 7.75. The predicted octanol–water partition coefficient (Wildman–Crippen LogP) is 5.66. The van der Waals surface area contributed by atoms with Crippen LogP contribution in [0.15, 0.2) is 54.6 Å². The minimum Gasteiger partial charge on any atom is -0.197 e. The molecule has 0 heterocycles. The number of nitrogens with zero attached hydrogens (tertiary/aromatic N) is 1. The van der Waals surface area contributed by atoms with E-state index < -0.39 is 23.1 Å². The van der Waals surface area contributed by atoms with Gasteiger partial charge in [0.2, 0.25) is 0 Å². The van der Waals surface area contributed by atoms with Gasteiger partial charge in [0.15, 0.2) is 0 Å². The van der Waals surface area contributed by atoms with Crippen molar-refractivity contribution in [2.24, 2.45) is 0 Å². The van der Waals surface area contributed by atoms with Crippen LogP contribution in [0, 0.1) is 11.3 Å². The Hall–Kier alpha value is -2.19. The van der Waals surface area contributed by atoms with Crippen LogP contribution in [0.2, 0.25) is 0 Å². The van der Waals surface area contributed by atoms with E-state index in [1.807, 2.05) is 44.2 Å². The zero-order chi connectivity index (χ0) is 18.0. The Morgan fingerprint density at radius 2 is 1.58 bits per heavy atom. The zero-order valence-corrected chi connectivity index (χ0v) is 14.1. The average molecular weight is 347 g/mol. The van der Waals surface area contributed by atoms with Gasteiger partial charge in [-0.1, -0.05) is 74.6 Å². The average Bonchev–Trinajstić information content (AvgIpc) is 2.56. The third kappa shape index (κ3) is 3.65. The molecule has 0 aliphatic heterocycles. The minimum atomic E-state index is -4.45. The molecule has 0 radical (unpaired) electrons. The van der Waals surface area contributed by atoms with Crippen molar-refractivity contribution in [2.45, 2.75) is 31.4 Å². The first kappa shape index (κ1) is 18.2. The molecule has 0 amide bonds. The van der Waals surface area contributed by atoms with Gasteiger partial charge >= 0.3 is 6.18 Å². The lowest BCUT2D eigenvalue weighted by molar-refractivity contribution is -0.137. The fourth-order valence-electron chi connectivity index (χ4n) is 2.54. The maximum Gasteiger partial charge on any atom is 0.416 e. The molecule has 0 spiro atoms. The van der Waals surface area contributed by atoms with Crippen LogP contribution in [0.3, 0.4) is 0 Å². The molecule has 0 bridgehead atoms. The fourth-order valence-corrected chi connectivity index (χ4v) is 2.84. The molecule has 1 unspecified atom stereocenters. The molecule has 24 heavy (non-hydrogen) atoms. The van der Waals surface area contributed by atoms with E-state index in [2.05, 4.69) is 6.07 Å². The van der Waals surface area contributed by atoms with Crippen molar-refractivity contribution in [3.8, 4) is 6.07 Å². The first-order valence-electron chi connectivity index (χ1n) is 7.34. The number of hydrogen-bond acceptors (Lipinski definition) is 2. The second-order valence-electron chi connectivity index (χ2n) is 6.04. The molecule has 5 heteroatoms. The van der Waals surface area contributed by atoms with Crippen LogP contribution < -0.4 is 0 Å². The third-order valence-electron chi connectivity index (χ3n) is 4.05. The molecule has 0 fully saturated rings. The number of benzene rings is 2.